The largest absolute Gasteiger partial charge is 0.465 e. The molecule has 0 N–H and O–H groups in total. The number of carbonyl (C=O) groups excluding carboxylic acids is 4. The summed E-state index contributed by atoms with van der Waals surface area (Å²) >= 11 is 27.5. The molecule has 0 aliphatic rings. The lowest BCUT2D eigenvalue weighted by molar-refractivity contribution is -0.170. The van der Waals surface area contributed by atoms with Crippen LogP contribution in [-0.2, 0) is 38.1 Å². The molecule has 0 radical (unpaired) electrons. The Labute approximate surface area is 380 Å². The molecule has 0 atom stereocenters. The molecular formula is C37H64N4O8S8. The van der Waals surface area contributed by atoms with Gasteiger partial charge < -0.3 is 38.5 Å². The van der Waals surface area contributed by atoms with Gasteiger partial charge in [-0.3, -0.25) is 19.2 Å². The van der Waals surface area contributed by atoms with Crippen molar-refractivity contribution in [3.05, 3.63) is 0 Å². The average molecular weight is 949 g/mol. The van der Waals surface area contributed by atoms with Crippen LogP contribution in [0.4, 0.5) is 0 Å². The predicted molar refractivity (Wildman–Crippen MR) is 257 cm³/mol. The van der Waals surface area contributed by atoms with Crippen LogP contribution in [0, 0.1) is 5.41 Å². The Kier molecular flexibility index (Phi) is 32.9. The lowest BCUT2D eigenvalue weighted by Gasteiger charge is -2.31. The summed E-state index contributed by atoms with van der Waals surface area (Å²) in [5.41, 5.74) is -1.39. The third-order valence-corrected chi connectivity index (χ3v) is 14.5. The summed E-state index contributed by atoms with van der Waals surface area (Å²) in [5, 5.41) is 0. The van der Waals surface area contributed by atoms with Gasteiger partial charge in [-0.25, -0.2) is 0 Å². The van der Waals surface area contributed by atoms with Crippen molar-refractivity contribution in [1.29, 1.82) is 0 Å². The lowest BCUT2D eigenvalue weighted by atomic mass is 9.92. The van der Waals surface area contributed by atoms with Crippen molar-refractivity contribution >= 4 is 137 Å². The Balaban J connectivity index is 6.05. The molecule has 0 aromatic rings. The number of thioether (sulfide) groups is 4. The summed E-state index contributed by atoms with van der Waals surface area (Å²) in [6.45, 7) is 20.8. The van der Waals surface area contributed by atoms with E-state index >= 15 is 0 Å². The molecule has 0 fully saturated rings. The number of thiocarbonyl (C=S) groups is 4. The fraction of sp³-hybridized carbons (Fsp3) is 0.784. The molecule has 0 rings (SSSR count). The highest BCUT2D eigenvalue weighted by atomic mass is 32.2. The molecule has 0 aromatic heterocycles. The summed E-state index contributed by atoms with van der Waals surface area (Å²) in [7, 11) is 0. The molecule has 0 spiro atoms. The van der Waals surface area contributed by atoms with Gasteiger partial charge >= 0.3 is 23.9 Å². The maximum Gasteiger partial charge on any atom is 0.306 e. The summed E-state index contributed by atoms with van der Waals surface area (Å²) < 4.78 is 25.7. The van der Waals surface area contributed by atoms with E-state index in [4.69, 9.17) is 67.8 Å². The van der Waals surface area contributed by atoms with Crippen LogP contribution >= 0.6 is 95.9 Å². The fourth-order valence-corrected chi connectivity index (χ4v) is 10.2. The molecule has 0 amide bonds. The Hall–Kier alpha value is -1.16. The SMILES string of the molecule is CCN(CC)C(=S)SCCC(=O)OCC(COC(=O)CCSC(=S)N(CC)CC)(COC(=O)CCSC(=S)N(CC)CC)COC(=O)CCSC(=S)N(CC)CC. The molecule has 0 saturated heterocycles. The van der Waals surface area contributed by atoms with Crippen molar-refractivity contribution in [2.45, 2.75) is 81.1 Å². The first-order chi connectivity index (χ1) is 27.2. The second-order valence-corrected chi connectivity index (χ2v) is 19.2. The van der Waals surface area contributed by atoms with Crippen molar-refractivity contribution in [1.82, 2.24) is 19.6 Å². The number of nitrogens with zero attached hydrogens (tertiary/aromatic N) is 4. The zero-order valence-corrected chi connectivity index (χ0v) is 41.5. The number of esters is 4. The minimum absolute atomic E-state index is 0.0541. The maximum atomic E-state index is 13.1. The fourth-order valence-electron chi connectivity index (χ4n) is 4.65. The van der Waals surface area contributed by atoms with Crippen molar-refractivity contribution in [2.75, 3.05) is 102 Å². The normalized spacial score (nSPS) is 10.9. The topological polar surface area (TPSA) is 118 Å². The van der Waals surface area contributed by atoms with Crippen LogP contribution in [0.2, 0.25) is 0 Å². The molecule has 0 bridgehead atoms. The summed E-state index contributed by atoms with van der Waals surface area (Å²) in [4.78, 5) is 60.3. The van der Waals surface area contributed by atoms with Gasteiger partial charge in [0.25, 0.3) is 0 Å². The van der Waals surface area contributed by atoms with Crippen molar-refractivity contribution < 1.29 is 38.1 Å². The van der Waals surface area contributed by atoms with Gasteiger partial charge in [0.05, 0.1) is 25.7 Å². The van der Waals surface area contributed by atoms with E-state index in [0.717, 1.165) is 52.4 Å². The van der Waals surface area contributed by atoms with E-state index < -0.39 is 29.3 Å². The summed E-state index contributed by atoms with van der Waals surface area (Å²) in [5.74, 6) is -0.519. The van der Waals surface area contributed by atoms with Crippen LogP contribution < -0.4 is 0 Å². The smallest absolute Gasteiger partial charge is 0.306 e. The van der Waals surface area contributed by atoms with Crippen molar-refractivity contribution in [3.63, 3.8) is 0 Å². The molecular weight excluding hydrogens is 885 g/mol. The molecule has 12 nitrogen and oxygen atoms in total. The van der Waals surface area contributed by atoms with Crippen molar-refractivity contribution in [2.24, 2.45) is 5.41 Å². The van der Waals surface area contributed by atoms with E-state index in [9.17, 15) is 19.2 Å². The van der Waals surface area contributed by atoms with E-state index in [0.29, 0.717) is 40.3 Å². The highest BCUT2D eigenvalue weighted by molar-refractivity contribution is 8.24. The zero-order chi connectivity index (χ0) is 43.2. The molecule has 0 saturated carbocycles. The van der Waals surface area contributed by atoms with E-state index in [1.165, 1.54) is 47.0 Å². The minimum atomic E-state index is -1.39. The molecule has 0 aromatic carbocycles. The molecule has 0 aliphatic carbocycles. The quantitative estimate of drug-likeness (QED) is 0.0449. The molecule has 20 heteroatoms. The van der Waals surface area contributed by atoms with Crippen LogP contribution in [-0.4, -0.2) is 163 Å². The second-order valence-electron chi connectivity index (χ2n) is 12.3. The van der Waals surface area contributed by atoms with Crippen molar-refractivity contribution in [3.8, 4) is 0 Å². The van der Waals surface area contributed by atoms with E-state index in [1.807, 2.05) is 75.0 Å². The number of hydrogen-bond acceptors (Lipinski definition) is 16. The third kappa shape index (κ3) is 24.6. The van der Waals surface area contributed by atoms with Gasteiger partial charge in [0.1, 0.15) is 49.1 Å². The van der Waals surface area contributed by atoms with Crippen LogP contribution in [0.15, 0.2) is 0 Å². The standard InChI is InChI=1S/C37H64N4O8S8/c1-9-38(10-2)33(50)54-21-17-29(42)46-25-37(26-47-30(43)18-22-55-34(51)39(11-3)12-4,27-48-31(44)19-23-56-35(52)40(13-5)14-6)28-49-32(45)20-24-57-36(53)41(15-7)16-8/h9-28H2,1-8H3. The van der Waals surface area contributed by atoms with Gasteiger partial charge in [-0.05, 0) is 55.4 Å². The van der Waals surface area contributed by atoms with Gasteiger partial charge in [-0.15, -0.1) is 0 Å². The minimum Gasteiger partial charge on any atom is -0.465 e. The Bertz CT molecular complexity index is 1080. The second kappa shape index (κ2) is 33.5. The maximum absolute atomic E-state index is 13.1. The van der Waals surface area contributed by atoms with E-state index in [1.54, 1.807) is 0 Å². The Morgan fingerprint density at radius 2 is 0.561 bits per heavy atom. The van der Waals surface area contributed by atoms with Gasteiger partial charge in [0.2, 0.25) is 0 Å². The Morgan fingerprint density at radius 1 is 0.386 bits per heavy atom. The Morgan fingerprint density at radius 3 is 0.719 bits per heavy atom. The monoisotopic (exact) mass is 948 g/mol. The summed E-state index contributed by atoms with van der Waals surface area (Å²) in [6, 6.07) is 0. The van der Waals surface area contributed by atoms with Gasteiger partial charge in [-0.1, -0.05) is 95.9 Å². The first kappa shape index (κ1) is 55.8. The highest BCUT2D eigenvalue weighted by Gasteiger charge is 2.38. The average Bonchev–Trinajstić information content (AvgIpc) is 3.19. The van der Waals surface area contributed by atoms with Crippen LogP contribution in [0.5, 0.6) is 0 Å². The van der Waals surface area contributed by atoms with Crippen LogP contribution in [0.1, 0.15) is 81.1 Å². The molecule has 0 heterocycles. The number of rotatable bonds is 28. The number of ether oxygens (including phenoxy) is 4. The predicted octanol–water partition coefficient (Wildman–Crippen LogP) is 7.15. The van der Waals surface area contributed by atoms with E-state index in [-0.39, 0.29) is 52.1 Å². The molecule has 0 aliphatic heterocycles. The summed E-state index contributed by atoms with van der Waals surface area (Å²) in [6.07, 6.45) is 0.216. The third-order valence-electron chi connectivity index (χ3n) is 8.37. The van der Waals surface area contributed by atoms with Crippen LogP contribution in [0.3, 0.4) is 0 Å². The van der Waals surface area contributed by atoms with Crippen LogP contribution in [0.25, 0.3) is 0 Å². The molecule has 328 valence electrons. The first-order valence-corrected chi connectivity index (χ1v) is 25.1. The zero-order valence-electron chi connectivity index (χ0n) is 35.0. The number of carbonyl (C=O) groups is 4. The van der Waals surface area contributed by atoms with Gasteiger partial charge in [0.15, 0.2) is 0 Å². The van der Waals surface area contributed by atoms with Gasteiger partial charge in [0, 0.05) is 75.4 Å². The molecule has 0 unspecified atom stereocenters. The lowest BCUT2D eigenvalue weighted by Crippen LogP contribution is -2.44. The first-order valence-electron chi connectivity index (χ1n) is 19.5. The van der Waals surface area contributed by atoms with E-state index in [2.05, 4.69) is 0 Å². The highest BCUT2D eigenvalue weighted by Crippen LogP contribution is 2.24. The number of hydrogen-bond donors (Lipinski definition) is 0. The molecule has 57 heavy (non-hydrogen) atoms. The van der Waals surface area contributed by atoms with Gasteiger partial charge in [-0.2, -0.15) is 0 Å².